The summed E-state index contributed by atoms with van der Waals surface area (Å²) < 4.78 is 4.32. The lowest BCUT2D eigenvalue weighted by atomic mass is 10.5. The highest BCUT2D eigenvalue weighted by Crippen LogP contribution is 1.81. The molecule has 0 saturated carbocycles. The van der Waals surface area contributed by atoms with E-state index in [-0.39, 0.29) is 5.97 Å². The standard InChI is InChI=1S/C5H8O2.C4H6O2.C2H3Cl/c1-3-5(6)7-4-2;1-2-3-4(5)6;1-2-3/h4H,2-3H2,1H3;2-3H,1H3,(H,5,6);2H,1H2. The molecule has 0 aromatic heterocycles. The van der Waals surface area contributed by atoms with Crippen LogP contribution in [0.15, 0.2) is 37.1 Å². The summed E-state index contributed by atoms with van der Waals surface area (Å²) >= 11 is 4.76. The van der Waals surface area contributed by atoms with E-state index < -0.39 is 5.97 Å². The van der Waals surface area contributed by atoms with Crippen molar-refractivity contribution >= 4 is 23.5 Å². The number of allylic oxidation sites excluding steroid dienone is 1. The van der Waals surface area contributed by atoms with Crippen LogP contribution in [0.2, 0.25) is 0 Å². The lowest BCUT2D eigenvalue weighted by molar-refractivity contribution is -0.137. The molecule has 0 saturated heterocycles. The van der Waals surface area contributed by atoms with Crippen molar-refractivity contribution in [3.05, 3.63) is 37.1 Å². The molecule has 1 N–H and O–H groups in total. The second-order valence-corrected chi connectivity index (χ2v) is 2.31. The molecule has 0 aromatic carbocycles. The molecule has 16 heavy (non-hydrogen) atoms. The van der Waals surface area contributed by atoms with Crippen molar-refractivity contribution in [3.63, 3.8) is 0 Å². The Morgan fingerprint density at radius 3 is 1.94 bits per heavy atom. The Balaban J connectivity index is -0.000000172. The molecule has 0 aliphatic carbocycles. The minimum Gasteiger partial charge on any atom is -0.478 e. The van der Waals surface area contributed by atoms with Crippen LogP contribution in [-0.4, -0.2) is 17.0 Å². The van der Waals surface area contributed by atoms with Crippen LogP contribution < -0.4 is 0 Å². The first-order valence-corrected chi connectivity index (χ1v) is 4.80. The second-order valence-electron chi connectivity index (χ2n) is 2.00. The van der Waals surface area contributed by atoms with Crippen molar-refractivity contribution in [2.75, 3.05) is 0 Å². The molecule has 0 aliphatic rings. The Morgan fingerprint density at radius 2 is 1.88 bits per heavy atom. The molecular formula is C11H17ClO4. The van der Waals surface area contributed by atoms with Gasteiger partial charge in [0.15, 0.2) is 0 Å². The Hall–Kier alpha value is -1.55. The Bertz CT molecular complexity index is 234. The average Bonchev–Trinajstić information content (AvgIpc) is 2.20. The molecule has 0 amide bonds. The largest absolute Gasteiger partial charge is 0.478 e. The summed E-state index contributed by atoms with van der Waals surface area (Å²) in [6, 6.07) is 0. The van der Waals surface area contributed by atoms with E-state index in [1.165, 1.54) is 11.6 Å². The predicted molar refractivity (Wildman–Crippen MR) is 65.1 cm³/mol. The second kappa shape index (κ2) is 19.1. The number of hydrogen-bond donors (Lipinski definition) is 1. The molecule has 5 heteroatoms. The Morgan fingerprint density at radius 1 is 1.44 bits per heavy atom. The maximum atomic E-state index is 10.1. The van der Waals surface area contributed by atoms with Crippen LogP contribution in [0.3, 0.4) is 0 Å². The molecule has 0 radical (unpaired) electrons. The zero-order chi connectivity index (χ0) is 13.4. The van der Waals surface area contributed by atoms with E-state index in [0.29, 0.717) is 6.42 Å². The van der Waals surface area contributed by atoms with Crippen molar-refractivity contribution in [1.82, 2.24) is 0 Å². The van der Waals surface area contributed by atoms with Gasteiger partial charge >= 0.3 is 11.9 Å². The first-order valence-electron chi connectivity index (χ1n) is 4.37. The maximum absolute atomic E-state index is 10.1. The van der Waals surface area contributed by atoms with Gasteiger partial charge in [-0.1, -0.05) is 37.8 Å². The van der Waals surface area contributed by atoms with Crippen molar-refractivity contribution in [2.45, 2.75) is 20.3 Å². The van der Waals surface area contributed by atoms with Crippen molar-refractivity contribution in [1.29, 1.82) is 0 Å². The third kappa shape index (κ3) is 39.2. The lowest BCUT2D eigenvalue weighted by Crippen LogP contribution is -1.94. The van der Waals surface area contributed by atoms with Gasteiger partial charge in [-0.25, -0.2) is 4.79 Å². The summed E-state index contributed by atoms with van der Waals surface area (Å²) in [7, 11) is 0. The Labute approximate surface area is 101 Å². The highest BCUT2D eigenvalue weighted by Gasteiger charge is 1.89. The minimum atomic E-state index is -0.891. The van der Waals surface area contributed by atoms with Crippen LogP contribution >= 0.6 is 11.6 Å². The number of halogens is 1. The fraction of sp³-hybridized carbons (Fsp3) is 0.273. The van der Waals surface area contributed by atoms with Gasteiger partial charge in [0.1, 0.15) is 0 Å². The highest BCUT2D eigenvalue weighted by molar-refractivity contribution is 6.25. The van der Waals surface area contributed by atoms with Crippen LogP contribution in [0.1, 0.15) is 20.3 Å². The number of carboxylic acids is 1. The zero-order valence-electron chi connectivity index (χ0n) is 9.48. The lowest BCUT2D eigenvalue weighted by Gasteiger charge is -1.88. The van der Waals surface area contributed by atoms with Crippen LogP contribution in [-0.2, 0) is 14.3 Å². The number of ether oxygens (including phenoxy) is 1. The van der Waals surface area contributed by atoms with E-state index in [9.17, 15) is 9.59 Å². The van der Waals surface area contributed by atoms with Gasteiger partial charge in [-0.3, -0.25) is 4.79 Å². The summed E-state index contributed by atoms with van der Waals surface area (Å²) in [5.74, 6) is -1.13. The van der Waals surface area contributed by atoms with Gasteiger partial charge in [0.05, 0.1) is 6.26 Å². The number of carbonyl (C=O) groups excluding carboxylic acids is 1. The topological polar surface area (TPSA) is 63.6 Å². The van der Waals surface area contributed by atoms with E-state index in [4.69, 9.17) is 16.7 Å². The number of rotatable bonds is 3. The van der Waals surface area contributed by atoms with E-state index in [1.807, 2.05) is 0 Å². The monoisotopic (exact) mass is 248 g/mol. The molecule has 0 bridgehead atoms. The number of hydrogen-bond acceptors (Lipinski definition) is 3. The summed E-state index contributed by atoms with van der Waals surface area (Å²) in [5, 5.41) is 7.83. The molecule has 4 nitrogen and oxygen atoms in total. The van der Waals surface area contributed by atoms with Gasteiger partial charge in [-0.2, -0.15) is 0 Å². The summed E-state index contributed by atoms with van der Waals surface area (Å²) in [4.78, 5) is 19.6. The van der Waals surface area contributed by atoms with E-state index in [0.717, 1.165) is 12.3 Å². The molecule has 0 atom stereocenters. The predicted octanol–water partition coefficient (Wildman–Crippen LogP) is 3.10. The molecule has 0 heterocycles. The quantitative estimate of drug-likeness (QED) is 0.474. The van der Waals surface area contributed by atoms with Gasteiger partial charge in [-0.15, -0.1) is 0 Å². The van der Waals surface area contributed by atoms with E-state index in [2.05, 4.69) is 17.9 Å². The SMILES string of the molecule is C=CCl.C=COC(=O)CC.CC=CC(=O)O. The first-order chi connectivity index (χ1) is 7.49. The van der Waals surface area contributed by atoms with E-state index >= 15 is 0 Å². The average molecular weight is 249 g/mol. The Kier molecular flexibility index (Phi) is 23.8. The van der Waals surface area contributed by atoms with Gasteiger partial charge in [0.25, 0.3) is 0 Å². The molecule has 0 spiro atoms. The number of aliphatic carboxylic acids is 1. The number of carboxylic acid groups (broad SMARTS) is 1. The van der Waals surface area contributed by atoms with Gasteiger partial charge in [0.2, 0.25) is 0 Å². The molecule has 0 unspecified atom stereocenters. The van der Waals surface area contributed by atoms with Gasteiger partial charge in [0, 0.05) is 12.5 Å². The first kappa shape index (κ1) is 19.9. The number of esters is 1. The van der Waals surface area contributed by atoms with Gasteiger partial charge < -0.3 is 9.84 Å². The van der Waals surface area contributed by atoms with Crippen LogP contribution in [0.25, 0.3) is 0 Å². The van der Waals surface area contributed by atoms with Crippen LogP contribution in [0.5, 0.6) is 0 Å². The molecule has 0 rings (SSSR count). The summed E-state index contributed by atoms with van der Waals surface area (Å²) in [6.45, 7) is 9.72. The molecule has 0 fully saturated rings. The van der Waals surface area contributed by atoms with E-state index in [1.54, 1.807) is 13.8 Å². The molecule has 92 valence electrons. The van der Waals surface area contributed by atoms with Crippen LogP contribution in [0, 0.1) is 0 Å². The molecule has 0 aromatic rings. The highest BCUT2D eigenvalue weighted by atomic mass is 35.5. The van der Waals surface area contributed by atoms with Crippen molar-refractivity contribution in [3.8, 4) is 0 Å². The molecular weight excluding hydrogens is 232 g/mol. The minimum absolute atomic E-state index is 0.241. The normalized spacial score (nSPS) is 7.69. The van der Waals surface area contributed by atoms with Gasteiger partial charge in [-0.05, 0) is 12.5 Å². The van der Waals surface area contributed by atoms with Crippen molar-refractivity contribution in [2.24, 2.45) is 0 Å². The van der Waals surface area contributed by atoms with Crippen LogP contribution in [0.4, 0.5) is 0 Å². The number of carbonyl (C=O) groups is 2. The summed E-state index contributed by atoms with van der Waals surface area (Å²) in [6.07, 6.45) is 4.10. The third-order valence-corrected chi connectivity index (χ3v) is 0.813. The zero-order valence-corrected chi connectivity index (χ0v) is 10.2. The van der Waals surface area contributed by atoms with Crippen molar-refractivity contribution < 1.29 is 19.4 Å². The fourth-order valence-corrected chi connectivity index (χ4v) is 0.319. The summed E-state index contributed by atoms with van der Waals surface area (Å²) in [5.41, 5.74) is 1.22. The fourth-order valence-electron chi connectivity index (χ4n) is 0.319. The maximum Gasteiger partial charge on any atom is 0.327 e. The third-order valence-electron chi connectivity index (χ3n) is 0.813. The smallest absolute Gasteiger partial charge is 0.327 e. The molecule has 0 aliphatic heterocycles.